The summed E-state index contributed by atoms with van der Waals surface area (Å²) in [6.45, 7) is 8.63. The molecule has 3 nitrogen and oxygen atoms in total. The predicted octanol–water partition coefficient (Wildman–Crippen LogP) is 5.74. The Kier molecular flexibility index (Phi) is 10.9. The molecule has 0 saturated heterocycles. The van der Waals surface area contributed by atoms with Gasteiger partial charge in [0.2, 0.25) is 0 Å². The Labute approximate surface area is 206 Å². The quantitative estimate of drug-likeness (QED) is 0.215. The number of hydrogen-bond acceptors (Lipinski definition) is 3. The van der Waals surface area contributed by atoms with E-state index in [2.05, 4.69) is 93.6 Å². The Morgan fingerprint density at radius 2 is 0.765 bits per heavy atom. The summed E-state index contributed by atoms with van der Waals surface area (Å²) in [6, 6.07) is 25.2. The molecule has 0 bridgehead atoms. The summed E-state index contributed by atoms with van der Waals surface area (Å²) in [5, 5.41) is 0. The molecule has 0 N–H and O–H groups in total. The number of para-hydroxylation sites is 3. The highest BCUT2D eigenvalue weighted by atomic mass is 16.5. The smallest absolute Gasteiger partial charge is 0.255 e. The first-order valence-electron chi connectivity index (χ1n) is 12.9. The van der Waals surface area contributed by atoms with Gasteiger partial charge in [-0.05, 0) is 53.8 Å². The topological polar surface area (TPSA) is 27.7 Å². The third-order valence-electron chi connectivity index (χ3n) is 5.96. The molecule has 0 aliphatic heterocycles. The summed E-state index contributed by atoms with van der Waals surface area (Å²) in [4.78, 5) is 0. The van der Waals surface area contributed by atoms with Crippen LogP contribution in [0.2, 0.25) is 0 Å². The highest BCUT2D eigenvalue weighted by Crippen LogP contribution is 2.18. The minimum Gasteiger partial charge on any atom is -0.494 e. The van der Waals surface area contributed by atoms with Crippen LogP contribution < -0.4 is 30.6 Å². The zero-order chi connectivity index (χ0) is 24.0. The molecular weight excluding hydrogens is 419 g/mol. The van der Waals surface area contributed by atoms with Crippen molar-refractivity contribution in [3.8, 4) is 17.2 Å². The van der Waals surface area contributed by atoms with Gasteiger partial charge in [0.25, 0.3) is 6.71 Å². The molecule has 3 aromatic rings. The van der Waals surface area contributed by atoms with Gasteiger partial charge in [-0.15, -0.1) is 0 Å². The van der Waals surface area contributed by atoms with Crippen molar-refractivity contribution in [1.82, 2.24) is 0 Å². The molecule has 0 radical (unpaired) electrons. The van der Waals surface area contributed by atoms with Crippen LogP contribution in [0.1, 0.15) is 59.3 Å². The van der Waals surface area contributed by atoms with E-state index in [1.165, 1.54) is 0 Å². The van der Waals surface area contributed by atoms with Crippen LogP contribution in [0, 0.1) is 0 Å². The standard InChI is InChI=1S/C30H39BO3/c1-4-7-22-32-28-19-13-10-16-25(28)31(26-17-11-14-20-29(26)33-23-8-5-2)27-18-12-15-21-30(27)34-24-9-6-3/h10-21H,4-9,22-24H2,1-3H3. The average Bonchev–Trinajstić information content (AvgIpc) is 2.87. The van der Waals surface area contributed by atoms with Crippen molar-refractivity contribution in [3.63, 3.8) is 0 Å². The van der Waals surface area contributed by atoms with Crippen LogP contribution in [-0.4, -0.2) is 26.5 Å². The molecule has 34 heavy (non-hydrogen) atoms. The fourth-order valence-corrected chi connectivity index (χ4v) is 4.03. The second-order valence-corrected chi connectivity index (χ2v) is 8.65. The van der Waals surface area contributed by atoms with Crippen molar-refractivity contribution in [2.24, 2.45) is 0 Å². The lowest BCUT2D eigenvalue weighted by atomic mass is 9.36. The van der Waals surface area contributed by atoms with Crippen molar-refractivity contribution in [3.05, 3.63) is 72.8 Å². The molecule has 0 saturated carbocycles. The first-order chi connectivity index (χ1) is 16.8. The second kappa shape index (κ2) is 14.4. The van der Waals surface area contributed by atoms with Gasteiger partial charge in [0, 0.05) is 0 Å². The first-order valence-corrected chi connectivity index (χ1v) is 12.9. The Hall–Kier alpha value is -2.88. The number of rotatable bonds is 15. The number of hydrogen-bond donors (Lipinski definition) is 0. The lowest BCUT2D eigenvalue weighted by Gasteiger charge is -2.23. The van der Waals surface area contributed by atoms with Gasteiger partial charge >= 0.3 is 0 Å². The van der Waals surface area contributed by atoms with E-state index in [0.29, 0.717) is 19.8 Å². The molecule has 0 heterocycles. The maximum absolute atomic E-state index is 6.30. The van der Waals surface area contributed by atoms with E-state index in [9.17, 15) is 0 Å². The highest BCUT2D eigenvalue weighted by Gasteiger charge is 2.30. The maximum atomic E-state index is 6.30. The molecule has 0 fully saturated rings. The normalized spacial score (nSPS) is 10.7. The zero-order valence-electron chi connectivity index (χ0n) is 21.1. The maximum Gasteiger partial charge on any atom is 0.255 e. The minimum absolute atomic E-state index is 0.0616. The Morgan fingerprint density at radius 1 is 0.471 bits per heavy atom. The van der Waals surface area contributed by atoms with Crippen LogP contribution in [0.3, 0.4) is 0 Å². The molecule has 0 unspecified atom stereocenters. The number of ether oxygens (including phenoxy) is 3. The summed E-state index contributed by atoms with van der Waals surface area (Å²) < 4.78 is 18.9. The van der Waals surface area contributed by atoms with Crippen molar-refractivity contribution < 1.29 is 14.2 Å². The molecule has 0 aliphatic rings. The van der Waals surface area contributed by atoms with Crippen molar-refractivity contribution in [1.29, 1.82) is 0 Å². The monoisotopic (exact) mass is 458 g/mol. The van der Waals surface area contributed by atoms with E-state index in [1.54, 1.807) is 0 Å². The first kappa shape index (κ1) is 25.7. The summed E-state index contributed by atoms with van der Waals surface area (Å²) in [5.74, 6) is 2.77. The van der Waals surface area contributed by atoms with Crippen molar-refractivity contribution >= 4 is 23.1 Å². The minimum atomic E-state index is -0.0616. The Morgan fingerprint density at radius 3 is 1.06 bits per heavy atom. The SMILES string of the molecule is CCCCOc1ccccc1B(c1ccccc1OCCCC)c1ccccc1OCCCC. The zero-order valence-corrected chi connectivity index (χ0v) is 21.1. The third kappa shape index (κ3) is 7.06. The van der Waals surface area contributed by atoms with Crippen LogP contribution in [0.4, 0.5) is 0 Å². The van der Waals surface area contributed by atoms with Crippen molar-refractivity contribution in [2.75, 3.05) is 19.8 Å². The van der Waals surface area contributed by atoms with E-state index in [-0.39, 0.29) is 6.71 Å². The van der Waals surface area contributed by atoms with Crippen LogP contribution in [-0.2, 0) is 0 Å². The molecule has 4 heteroatoms. The number of unbranched alkanes of at least 4 members (excludes halogenated alkanes) is 3. The van der Waals surface area contributed by atoms with E-state index >= 15 is 0 Å². The van der Waals surface area contributed by atoms with Gasteiger partial charge in [0.15, 0.2) is 0 Å². The van der Waals surface area contributed by atoms with E-state index in [1.807, 2.05) is 0 Å². The molecule has 3 rings (SSSR count). The third-order valence-corrected chi connectivity index (χ3v) is 5.96. The molecule has 0 aromatic heterocycles. The fraction of sp³-hybridized carbons (Fsp3) is 0.400. The summed E-state index contributed by atoms with van der Waals surface area (Å²) in [6.07, 6.45) is 6.42. The van der Waals surface area contributed by atoms with Crippen LogP contribution >= 0.6 is 0 Å². The van der Waals surface area contributed by atoms with Crippen molar-refractivity contribution in [2.45, 2.75) is 59.3 Å². The average molecular weight is 458 g/mol. The summed E-state index contributed by atoms with van der Waals surface area (Å²) in [5.41, 5.74) is 3.41. The van der Waals surface area contributed by atoms with E-state index in [0.717, 1.165) is 72.2 Å². The molecule has 180 valence electrons. The van der Waals surface area contributed by atoms with Crippen LogP contribution in [0.15, 0.2) is 72.8 Å². The largest absolute Gasteiger partial charge is 0.494 e. The van der Waals surface area contributed by atoms with Gasteiger partial charge in [0.1, 0.15) is 17.2 Å². The van der Waals surface area contributed by atoms with Crippen LogP contribution in [0.25, 0.3) is 0 Å². The van der Waals surface area contributed by atoms with Gasteiger partial charge in [-0.25, -0.2) is 0 Å². The molecule has 0 amide bonds. The van der Waals surface area contributed by atoms with Gasteiger partial charge in [0.05, 0.1) is 19.8 Å². The highest BCUT2D eigenvalue weighted by molar-refractivity contribution is 6.97. The van der Waals surface area contributed by atoms with Crippen LogP contribution in [0.5, 0.6) is 17.2 Å². The van der Waals surface area contributed by atoms with E-state index in [4.69, 9.17) is 14.2 Å². The Balaban J connectivity index is 2.11. The lowest BCUT2D eigenvalue weighted by molar-refractivity contribution is 0.310. The molecule has 0 aliphatic carbocycles. The second-order valence-electron chi connectivity index (χ2n) is 8.65. The molecule has 0 spiro atoms. The molecule has 3 aromatic carbocycles. The summed E-state index contributed by atoms with van der Waals surface area (Å²) in [7, 11) is 0. The molecular formula is C30H39BO3. The lowest BCUT2D eigenvalue weighted by Crippen LogP contribution is -2.53. The Bertz CT molecular complexity index is 861. The van der Waals surface area contributed by atoms with E-state index < -0.39 is 0 Å². The number of benzene rings is 3. The fourth-order valence-electron chi connectivity index (χ4n) is 4.03. The van der Waals surface area contributed by atoms with Gasteiger partial charge < -0.3 is 14.2 Å². The summed E-state index contributed by atoms with van der Waals surface area (Å²) >= 11 is 0. The van der Waals surface area contributed by atoms with Gasteiger partial charge in [-0.3, -0.25) is 0 Å². The predicted molar refractivity (Wildman–Crippen MR) is 145 cm³/mol. The van der Waals surface area contributed by atoms with Gasteiger partial charge in [-0.1, -0.05) is 94.6 Å². The van der Waals surface area contributed by atoms with Gasteiger partial charge in [-0.2, -0.15) is 0 Å². The molecule has 0 atom stereocenters.